The van der Waals surface area contributed by atoms with Gasteiger partial charge < -0.3 is 5.73 Å². The molecule has 1 aromatic rings. The SMILES string of the molecule is NC(c1sccc1Cl)C1(N2CCCCC2)CCCC1. The molecule has 2 aliphatic rings. The van der Waals surface area contributed by atoms with Crippen LogP contribution in [0.15, 0.2) is 11.4 Å². The monoisotopic (exact) mass is 298 g/mol. The summed E-state index contributed by atoms with van der Waals surface area (Å²) in [5.41, 5.74) is 6.87. The Balaban J connectivity index is 1.89. The van der Waals surface area contributed by atoms with Crippen molar-refractivity contribution in [2.45, 2.75) is 56.5 Å². The van der Waals surface area contributed by atoms with Gasteiger partial charge in [0.2, 0.25) is 0 Å². The average molecular weight is 299 g/mol. The molecular formula is C15H23ClN2S. The quantitative estimate of drug-likeness (QED) is 0.906. The number of piperidine rings is 1. The van der Waals surface area contributed by atoms with Crippen molar-refractivity contribution in [2.24, 2.45) is 5.73 Å². The standard InChI is InChI=1S/C15H23ClN2S/c16-12-6-11-19-13(12)14(17)15(7-2-3-8-15)18-9-4-1-5-10-18/h6,11,14H,1-5,7-10,17H2. The number of nitrogens with zero attached hydrogens (tertiary/aromatic N) is 1. The van der Waals surface area contributed by atoms with E-state index in [0.717, 1.165) is 5.02 Å². The lowest BCUT2D eigenvalue weighted by Crippen LogP contribution is -2.55. The summed E-state index contributed by atoms with van der Waals surface area (Å²) in [6.07, 6.45) is 9.13. The highest BCUT2D eigenvalue weighted by molar-refractivity contribution is 7.10. The molecule has 0 bridgehead atoms. The number of halogens is 1. The van der Waals surface area contributed by atoms with Crippen molar-refractivity contribution in [3.63, 3.8) is 0 Å². The van der Waals surface area contributed by atoms with E-state index in [1.165, 1.54) is 62.9 Å². The summed E-state index contributed by atoms with van der Waals surface area (Å²) >= 11 is 8.05. The van der Waals surface area contributed by atoms with E-state index in [0.29, 0.717) is 0 Å². The van der Waals surface area contributed by atoms with E-state index in [1.807, 2.05) is 6.07 Å². The maximum atomic E-state index is 6.70. The molecule has 19 heavy (non-hydrogen) atoms. The van der Waals surface area contributed by atoms with Gasteiger partial charge in [0.1, 0.15) is 0 Å². The third-order valence-electron chi connectivity index (χ3n) is 4.96. The van der Waals surface area contributed by atoms with Crippen LogP contribution in [0.4, 0.5) is 0 Å². The number of hydrogen-bond acceptors (Lipinski definition) is 3. The van der Waals surface area contributed by atoms with Crippen LogP contribution in [0.1, 0.15) is 55.9 Å². The van der Waals surface area contributed by atoms with E-state index in [4.69, 9.17) is 17.3 Å². The first kappa shape index (κ1) is 13.9. The largest absolute Gasteiger partial charge is 0.322 e. The van der Waals surface area contributed by atoms with Crippen molar-refractivity contribution in [3.05, 3.63) is 21.3 Å². The fourth-order valence-corrected chi connectivity index (χ4v) is 5.21. The van der Waals surface area contributed by atoms with Crippen molar-refractivity contribution < 1.29 is 0 Å². The molecule has 0 aromatic carbocycles. The molecule has 1 aliphatic heterocycles. The predicted molar refractivity (Wildman–Crippen MR) is 82.9 cm³/mol. The molecule has 2 nitrogen and oxygen atoms in total. The molecule has 106 valence electrons. The van der Waals surface area contributed by atoms with Crippen LogP contribution in [0.2, 0.25) is 5.02 Å². The second-order valence-corrected chi connectivity index (χ2v) is 7.32. The zero-order chi connectivity index (χ0) is 13.3. The van der Waals surface area contributed by atoms with E-state index < -0.39 is 0 Å². The van der Waals surface area contributed by atoms with Crippen LogP contribution < -0.4 is 5.73 Å². The zero-order valence-electron chi connectivity index (χ0n) is 11.4. The first-order valence-electron chi connectivity index (χ1n) is 7.47. The van der Waals surface area contributed by atoms with E-state index >= 15 is 0 Å². The molecule has 2 N–H and O–H groups in total. The van der Waals surface area contributed by atoms with E-state index in [2.05, 4.69) is 10.3 Å². The lowest BCUT2D eigenvalue weighted by atomic mass is 9.84. The van der Waals surface area contributed by atoms with E-state index in [-0.39, 0.29) is 11.6 Å². The Morgan fingerprint density at radius 2 is 1.84 bits per heavy atom. The normalized spacial score (nSPS) is 25.6. The lowest BCUT2D eigenvalue weighted by molar-refractivity contribution is 0.0487. The summed E-state index contributed by atoms with van der Waals surface area (Å²) in [6.45, 7) is 2.44. The van der Waals surface area contributed by atoms with E-state index in [9.17, 15) is 0 Å². The summed E-state index contributed by atoms with van der Waals surface area (Å²) < 4.78 is 0. The van der Waals surface area contributed by atoms with Gasteiger partial charge in [-0.15, -0.1) is 11.3 Å². The third kappa shape index (κ3) is 2.46. The highest BCUT2D eigenvalue weighted by atomic mass is 35.5. The van der Waals surface area contributed by atoms with Crippen LogP contribution in [0.5, 0.6) is 0 Å². The van der Waals surface area contributed by atoms with Gasteiger partial charge in [0.15, 0.2) is 0 Å². The van der Waals surface area contributed by atoms with Gasteiger partial charge in [0, 0.05) is 10.4 Å². The molecule has 1 unspecified atom stereocenters. The maximum Gasteiger partial charge on any atom is 0.0591 e. The van der Waals surface area contributed by atoms with Crippen molar-refractivity contribution in [1.82, 2.24) is 4.90 Å². The number of hydrogen-bond donors (Lipinski definition) is 1. The molecule has 4 heteroatoms. The molecule has 2 heterocycles. The molecule has 1 aliphatic carbocycles. The topological polar surface area (TPSA) is 29.3 Å². The molecule has 2 fully saturated rings. The Morgan fingerprint density at radius 3 is 2.42 bits per heavy atom. The number of likely N-dealkylation sites (tertiary alicyclic amines) is 1. The Morgan fingerprint density at radius 1 is 1.16 bits per heavy atom. The summed E-state index contributed by atoms with van der Waals surface area (Å²) in [5, 5.41) is 2.93. The first-order valence-corrected chi connectivity index (χ1v) is 8.73. The van der Waals surface area contributed by atoms with Gasteiger partial charge in [-0.2, -0.15) is 0 Å². The van der Waals surface area contributed by atoms with E-state index in [1.54, 1.807) is 11.3 Å². The molecule has 1 aromatic heterocycles. The van der Waals surface area contributed by atoms with Crippen LogP contribution in [0, 0.1) is 0 Å². The number of nitrogens with two attached hydrogens (primary N) is 1. The van der Waals surface area contributed by atoms with Crippen molar-refractivity contribution in [2.75, 3.05) is 13.1 Å². The number of rotatable bonds is 3. The summed E-state index contributed by atoms with van der Waals surface area (Å²) in [5.74, 6) is 0. The highest BCUT2D eigenvalue weighted by Gasteiger charge is 2.46. The van der Waals surface area contributed by atoms with Crippen molar-refractivity contribution >= 4 is 22.9 Å². The van der Waals surface area contributed by atoms with Crippen LogP contribution in [-0.2, 0) is 0 Å². The van der Waals surface area contributed by atoms with Gasteiger partial charge in [0.25, 0.3) is 0 Å². The summed E-state index contributed by atoms with van der Waals surface area (Å²) in [7, 11) is 0. The predicted octanol–water partition coefficient (Wildman–Crippen LogP) is 4.20. The fraction of sp³-hybridized carbons (Fsp3) is 0.733. The van der Waals surface area contributed by atoms with Gasteiger partial charge in [0.05, 0.1) is 11.1 Å². The van der Waals surface area contributed by atoms with Gasteiger partial charge in [-0.25, -0.2) is 0 Å². The molecular weight excluding hydrogens is 276 g/mol. The minimum Gasteiger partial charge on any atom is -0.322 e. The minimum atomic E-state index is 0.0839. The molecule has 1 saturated heterocycles. The lowest BCUT2D eigenvalue weighted by Gasteiger charge is -2.47. The van der Waals surface area contributed by atoms with Crippen LogP contribution >= 0.6 is 22.9 Å². The van der Waals surface area contributed by atoms with Crippen molar-refractivity contribution in [1.29, 1.82) is 0 Å². The van der Waals surface area contributed by atoms with Gasteiger partial charge in [-0.05, 0) is 50.2 Å². The summed E-state index contributed by atoms with van der Waals surface area (Å²) in [4.78, 5) is 3.87. The maximum absolute atomic E-state index is 6.70. The van der Waals surface area contributed by atoms with Crippen molar-refractivity contribution in [3.8, 4) is 0 Å². The molecule has 0 spiro atoms. The third-order valence-corrected chi connectivity index (χ3v) is 6.40. The van der Waals surface area contributed by atoms with Gasteiger partial charge >= 0.3 is 0 Å². The Labute approximate surface area is 124 Å². The molecule has 0 radical (unpaired) electrons. The summed E-state index contributed by atoms with van der Waals surface area (Å²) in [6, 6.07) is 2.07. The Hall–Kier alpha value is -0.0900. The fourth-order valence-electron chi connectivity index (χ4n) is 3.92. The highest BCUT2D eigenvalue weighted by Crippen LogP contribution is 2.46. The molecule has 1 atom stereocenters. The second-order valence-electron chi connectivity index (χ2n) is 5.97. The van der Waals surface area contributed by atoms with Crippen LogP contribution in [0.3, 0.4) is 0 Å². The Kier molecular flexibility index (Phi) is 4.18. The molecule has 0 amide bonds. The molecule has 3 rings (SSSR count). The van der Waals surface area contributed by atoms with Gasteiger partial charge in [-0.1, -0.05) is 30.9 Å². The number of thiophene rings is 1. The first-order chi connectivity index (χ1) is 9.24. The Bertz CT molecular complexity index is 420. The average Bonchev–Trinajstić information content (AvgIpc) is 3.08. The minimum absolute atomic E-state index is 0.0839. The van der Waals surface area contributed by atoms with Crippen LogP contribution in [0.25, 0.3) is 0 Å². The second kappa shape index (κ2) is 5.72. The smallest absolute Gasteiger partial charge is 0.0591 e. The molecule has 1 saturated carbocycles. The van der Waals surface area contributed by atoms with Gasteiger partial charge in [-0.3, -0.25) is 4.90 Å². The van der Waals surface area contributed by atoms with Crippen LogP contribution in [-0.4, -0.2) is 23.5 Å². The zero-order valence-corrected chi connectivity index (χ0v) is 13.0.